The molecule has 2 N–H and O–H groups in total. The first-order valence-electron chi connectivity index (χ1n) is 13.1. The van der Waals surface area contributed by atoms with Crippen molar-refractivity contribution >= 4 is 28.5 Å². The quantitative estimate of drug-likeness (QED) is 0.491. The smallest absolute Gasteiger partial charge is 0.339 e. The van der Waals surface area contributed by atoms with Crippen LogP contribution >= 0.6 is 0 Å². The number of alkyl halides is 3. The van der Waals surface area contributed by atoms with Gasteiger partial charge in [0.05, 0.1) is 12.6 Å². The van der Waals surface area contributed by atoms with E-state index in [4.69, 9.17) is 0 Å². The standard InChI is InChI=1S/C21H19F4N5O3.C4H10.C3H8/c1-11-5-6-30(17(31)10-28-20(33)21(23,24)25)18(11)19(32)29-16(7-26)14-9-27-8-13-12(14)3-2-4-15(13)22;1-4(2)3;1-3-2/h2-4,8-9,11,16,18H,5-6,10H2,1H3,(H,28,33)(H,29,32);4H,1-3H3;3H2,1-2H3/t11-,16?,18?;;/m0../s1. The maximum absolute atomic E-state index is 14.1. The molecule has 2 heterocycles. The summed E-state index contributed by atoms with van der Waals surface area (Å²) < 4.78 is 51.2. The van der Waals surface area contributed by atoms with Crippen LogP contribution in [0.5, 0.6) is 0 Å². The topological polar surface area (TPSA) is 115 Å². The molecule has 0 bridgehead atoms. The Morgan fingerprint density at radius 2 is 1.75 bits per heavy atom. The van der Waals surface area contributed by atoms with Crippen molar-refractivity contribution in [2.24, 2.45) is 11.8 Å². The zero-order valence-corrected chi connectivity index (χ0v) is 23.6. The van der Waals surface area contributed by atoms with Crippen LogP contribution < -0.4 is 10.6 Å². The van der Waals surface area contributed by atoms with Gasteiger partial charge in [-0.2, -0.15) is 18.4 Å². The fourth-order valence-corrected chi connectivity index (χ4v) is 3.80. The molecule has 220 valence electrons. The van der Waals surface area contributed by atoms with Gasteiger partial charge in [-0.15, -0.1) is 0 Å². The number of nitrogens with one attached hydrogen (secondary N) is 2. The van der Waals surface area contributed by atoms with Gasteiger partial charge in [-0.05, 0) is 29.7 Å². The number of nitriles is 1. The number of halogens is 4. The normalized spacial score (nSPS) is 17.1. The summed E-state index contributed by atoms with van der Waals surface area (Å²) >= 11 is 0. The van der Waals surface area contributed by atoms with Gasteiger partial charge in [-0.3, -0.25) is 19.4 Å². The third kappa shape index (κ3) is 9.77. The van der Waals surface area contributed by atoms with Crippen LogP contribution in [0.3, 0.4) is 0 Å². The minimum atomic E-state index is -5.14. The van der Waals surface area contributed by atoms with E-state index in [1.54, 1.807) is 13.0 Å². The maximum Gasteiger partial charge on any atom is 0.471 e. The molecule has 0 spiro atoms. The molecule has 3 amide bonds. The zero-order chi connectivity index (χ0) is 30.6. The van der Waals surface area contributed by atoms with Crippen molar-refractivity contribution in [3.8, 4) is 6.07 Å². The van der Waals surface area contributed by atoms with Crippen LogP contribution in [0.15, 0.2) is 30.6 Å². The number of benzene rings is 1. The third-order valence-corrected chi connectivity index (χ3v) is 5.45. The fourth-order valence-electron chi connectivity index (χ4n) is 3.80. The summed E-state index contributed by atoms with van der Waals surface area (Å²) in [6.07, 6.45) is -0.876. The Morgan fingerprint density at radius 1 is 1.15 bits per heavy atom. The van der Waals surface area contributed by atoms with Gasteiger partial charge >= 0.3 is 12.1 Å². The number of carbonyl (C=O) groups excluding carboxylic acids is 3. The van der Waals surface area contributed by atoms with Crippen LogP contribution in [0.1, 0.15) is 66.0 Å². The van der Waals surface area contributed by atoms with E-state index in [1.807, 2.05) is 6.07 Å². The predicted octanol–water partition coefficient (Wildman–Crippen LogP) is 5.05. The van der Waals surface area contributed by atoms with E-state index >= 15 is 0 Å². The van der Waals surface area contributed by atoms with E-state index < -0.39 is 48.3 Å². The maximum atomic E-state index is 14.1. The predicted molar refractivity (Wildman–Crippen MR) is 143 cm³/mol. The summed E-state index contributed by atoms with van der Waals surface area (Å²) in [6.45, 7) is 11.6. The van der Waals surface area contributed by atoms with Crippen molar-refractivity contribution in [2.45, 2.75) is 72.6 Å². The third-order valence-electron chi connectivity index (χ3n) is 5.45. The Labute approximate surface area is 232 Å². The molecule has 8 nitrogen and oxygen atoms in total. The number of hydrogen-bond donors (Lipinski definition) is 2. The lowest BCUT2D eigenvalue weighted by molar-refractivity contribution is -0.174. The van der Waals surface area contributed by atoms with E-state index in [1.165, 1.54) is 36.3 Å². The van der Waals surface area contributed by atoms with E-state index in [0.29, 0.717) is 11.8 Å². The minimum absolute atomic E-state index is 0.0955. The molecular formula is C28H37F4N5O3. The number of likely N-dealkylation sites (tertiary alicyclic amines) is 1. The number of fused-ring (bicyclic) bond motifs is 1. The average Bonchev–Trinajstić information content (AvgIpc) is 3.26. The summed E-state index contributed by atoms with van der Waals surface area (Å²) in [6, 6.07) is 3.90. The monoisotopic (exact) mass is 567 g/mol. The van der Waals surface area contributed by atoms with E-state index in [-0.39, 0.29) is 23.4 Å². The molecule has 12 heteroatoms. The molecule has 1 aliphatic heterocycles. The van der Waals surface area contributed by atoms with Gasteiger partial charge in [0.25, 0.3) is 0 Å². The summed E-state index contributed by atoms with van der Waals surface area (Å²) in [4.78, 5) is 41.4. The molecule has 1 aromatic carbocycles. The number of carbonyl (C=O) groups is 3. The van der Waals surface area contributed by atoms with Crippen LogP contribution in [0.2, 0.25) is 0 Å². The molecule has 3 atom stereocenters. The molecule has 2 unspecified atom stereocenters. The Bertz CT molecular complexity index is 1190. The van der Waals surface area contributed by atoms with Gasteiger partial charge in [0, 0.05) is 29.9 Å². The molecule has 1 fully saturated rings. The molecule has 1 aromatic heterocycles. The molecule has 40 heavy (non-hydrogen) atoms. The highest BCUT2D eigenvalue weighted by atomic mass is 19.4. The van der Waals surface area contributed by atoms with Crippen molar-refractivity contribution in [1.29, 1.82) is 5.26 Å². The Kier molecular flexibility index (Phi) is 13.5. The first kappa shape index (κ1) is 34.3. The van der Waals surface area contributed by atoms with Crippen molar-refractivity contribution in [3.63, 3.8) is 0 Å². The number of aromatic nitrogens is 1. The molecule has 0 radical (unpaired) electrons. The molecule has 0 saturated carbocycles. The largest absolute Gasteiger partial charge is 0.471 e. The lowest BCUT2D eigenvalue weighted by atomic mass is 9.99. The lowest BCUT2D eigenvalue weighted by Gasteiger charge is -2.27. The van der Waals surface area contributed by atoms with E-state index in [0.717, 1.165) is 10.8 Å². The first-order valence-corrected chi connectivity index (χ1v) is 13.1. The number of amides is 3. The summed E-state index contributed by atoms with van der Waals surface area (Å²) in [5.41, 5.74) is 0.254. The van der Waals surface area contributed by atoms with Crippen molar-refractivity contribution in [2.75, 3.05) is 13.1 Å². The van der Waals surface area contributed by atoms with Gasteiger partial charge in [0.1, 0.15) is 17.9 Å². The Hall–Kier alpha value is -3.75. The van der Waals surface area contributed by atoms with E-state index in [9.17, 15) is 37.2 Å². The van der Waals surface area contributed by atoms with Crippen LogP contribution in [-0.2, 0) is 14.4 Å². The van der Waals surface area contributed by atoms with Crippen LogP contribution in [0.25, 0.3) is 10.8 Å². The second kappa shape index (κ2) is 15.7. The Balaban J connectivity index is 0.00000103. The summed E-state index contributed by atoms with van der Waals surface area (Å²) in [5.74, 6) is -3.89. The highest BCUT2D eigenvalue weighted by Crippen LogP contribution is 2.28. The van der Waals surface area contributed by atoms with Gasteiger partial charge in [0.15, 0.2) is 0 Å². The van der Waals surface area contributed by atoms with Crippen LogP contribution in [0.4, 0.5) is 17.6 Å². The Morgan fingerprint density at radius 3 is 2.30 bits per heavy atom. The van der Waals surface area contributed by atoms with Crippen molar-refractivity contribution in [1.82, 2.24) is 20.5 Å². The van der Waals surface area contributed by atoms with E-state index in [2.05, 4.69) is 44.9 Å². The minimum Gasteiger partial charge on any atom is -0.339 e. The molecule has 2 aromatic rings. The van der Waals surface area contributed by atoms with Gasteiger partial charge in [0.2, 0.25) is 11.8 Å². The first-order chi connectivity index (χ1) is 18.7. The van der Waals surface area contributed by atoms with Crippen molar-refractivity contribution < 1.29 is 31.9 Å². The molecule has 1 saturated heterocycles. The van der Waals surface area contributed by atoms with Crippen LogP contribution in [0, 0.1) is 29.0 Å². The molecule has 0 aliphatic carbocycles. The lowest BCUT2D eigenvalue weighted by Crippen LogP contribution is -2.52. The van der Waals surface area contributed by atoms with Gasteiger partial charge < -0.3 is 15.5 Å². The second-order valence-corrected chi connectivity index (χ2v) is 10.1. The van der Waals surface area contributed by atoms with Gasteiger partial charge in [-0.1, -0.05) is 60.1 Å². The summed E-state index contributed by atoms with van der Waals surface area (Å²) in [5, 5.41) is 14.2. The highest BCUT2D eigenvalue weighted by Gasteiger charge is 2.42. The van der Waals surface area contributed by atoms with Crippen LogP contribution in [-0.4, -0.2) is 52.9 Å². The fraction of sp³-hybridized carbons (Fsp3) is 0.536. The second-order valence-electron chi connectivity index (χ2n) is 10.1. The SMILES string of the molecule is CC(C)C.CCC.C[C@H]1CCN(C(=O)CNC(=O)C(F)(F)F)C1C(=O)NC(C#N)c1cncc2c(F)cccc12. The molecular weight excluding hydrogens is 530 g/mol. The number of nitrogens with zero attached hydrogens (tertiary/aromatic N) is 3. The van der Waals surface area contributed by atoms with Crippen molar-refractivity contribution in [3.05, 3.63) is 42.0 Å². The molecule has 1 aliphatic rings. The zero-order valence-electron chi connectivity index (χ0n) is 23.6. The number of rotatable bonds is 5. The molecule has 3 rings (SSSR count). The average molecular weight is 568 g/mol. The van der Waals surface area contributed by atoms with Gasteiger partial charge in [-0.25, -0.2) is 4.39 Å². The summed E-state index contributed by atoms with van der Waals surface area (Å²) in [7, 11) is 0. The highest BCUT2D eigenvalue weighted by molar-refractivity contribution is 5.92. The number of hydrogen-bond acceptors (Lipinski definition) is 5. The number of pyridine rings is 1.